The Morgan fingerprint density at radius 3 is 2.00 bits per heavy atom. The Morgan fingerprint density at radius 1 is 0.895 bits per heavy atom. The van der Waals surface area contributed by atoms with Crippen molar-refractivity contribution in [1.82, 2.24) is 0 Å². The van der Waals surface area contributed by atoms with E-state index in [2.05, 4.69) is 6.92 Å². The number of esters is 1. The molecule has 0 bridgehead atoms. The molecule has 0 saturated heterocycles. The van der Waals surface area contributed by atoms with Crippen LogP contribution >= 0.6 is 11.6 Å². The van der Waals surface area contributed by atoms with E-state index in [9.17, 15) is 28.1 Å². The number of ether oxygens (including phenoxy) is 2. The minimum absolute atomic E-state index is 0.00503. The molecule has 0 saturated carbocycles. The molecule has 0 unspecified atom stereocenters. The van der Waals surface area contributed by atoms with Gasteiger partial charge in [-0.25, -0.2) is 4.79 Å². The van der Waals surface area contributed by atoms with Gasteiger partial charge in [-0.15, -0.1) is 0 Å². The topological polar surface area (TPSA) is 78.7 Å². The number of benzene rings is 2. The molecule has 0 heterocycles. The number of carbonyl (C=O) groups is 1. The first-order valence-electron chi connectivity index (χ1n) is 13.1. The molecule has 0 spiro atoms. The van der Waals surface area contributed by atoms with Gasteiger partial charge in [0, 0.05) is 12.1 Å². The molecular weight excluding hydrogens is 523 g/mol. The van der Waals surface area contributed by atoms with Crippen molar-refractivity contribution in [1.29, 1.82) is 0 Å². The van der Waals surface area contributed by atoms with Crippen LogP contribution in [0.3, 0.4) is 0 Å². The van der Waals surface area contributed by atoms with E-state index in [1.807, 2.05) is 0 Å². The fraction of sp³-hybridized carbons (Fsp3) is 0.536. The molecule has 0 radical (unpaired) electrons. The number of hydrogen-bond acceptors (Lipinski definition) is 5. The van der Waals surface area contributed by atoms with Gasteiger partial charge in [-0.2, -0.15) is 13.2 Å². The zero-order valence-electron chi connectivity index (χ0n) is 21.7. The zero-order valence-corrected chi connectivity index (χ0v) is 22.4. The zero-order chi connectivity index (χ0) is 28.0. The molecule has 0 aromatic heterocycles. The number of halogens is 4. The van der Waals surface area contributed by atoms with Gasteiger partial charge in [0.05, 0.1) is 22.1 Å². The Morgan fingerprint density at radius 2 is 1.47 bits per heavy atom. The lowest BCUT2D eigenvalue weighted by Gasteiger charge is -2.12. The number of nitro groups is 1. The molecule has 6 nitrogen and oxygen atoms in total. The van der Waals surface area contributed by atoms with Crippen LogP contribution in [0.25, 0.3) is 0 Å². The van der Waals surface area contributed by atoms with Crippen molar-refractivity contribution in [2.24, 2.45) is 0 Å². The summed E-state index contributed by atoms with van der Waals surface area (Å²) in [5.41, 5.74) is -1.72. The van der Waals surface area contributed by atoms with Crippen LogP contribution in [-0.4, -0.2) is 17.5 Å². The van der Waals surface area contributed by atoms with Crippen LogP contribution in [-0.2, 0) is 10.9 Å². The molecule has 0 amide bonds. The second-order valence-corrected chi connectivity index (χ2v) is 9.61. The summed E-state index contributed by atoms with van der Waals surface area (Å²) in [5.74, 6) is -0.970. The van der Waals surface area contributed by atoms with Gasteiger partial charge in [0.25, 0.3) is 5.69 Å². The quantitative estimate of drug-likeness (QED) is 0.0836. The largest absolute Gasteiger partial charge is 0.462 e. The highest BCUT2D eigenvalue weighted by molar-refractivity contribution is 6.32. The minimum atomic E-state index is -4.57. The molecule has 0 aliphatic carbocycles. The van der Waals surface area contributed by atoms with Gasteiger partial charge >= 0.3 is 12.1 Å². The SMILES string of the molecule is CCCCCCCCCCCCCCOC(=O)c1cc(Oc2ccc(C(F)(F)F)cc2Cl)ccc1[N+](=O)[O-]. The van der Waals surface area contributed by atoms with Gasteiger partial charge < -0.3 is 9.47 Å². The van der Waals surface area contributed by atoms with Gasteiger partial charge in [0.15, 0.2) is 0 Å². The Kier molecular flexibility index (Phi) is 13.4. The van der Waals surface area contributed by atoms with Crippen LogP contribution in [0.1, 0.15) is 99.9 Å². The van der Waals surface area contributed by atoms with Crippen LogP contribution in [0.15, 0.2) is 36.4 Å². The molecule has 2 aromatic carbocycles. The summed E-state index contributed by atoms with van der Waals surface area (Å²) in [6.45, 7) is 2.34. The fourth-order valence-corrected chi connectivity index (χ4v) is 4.19. The number of nitrogens with zero attached hydrogens (tertiary/aromatic N) is 1. The van der Waals surface area contributed by atoms with Gasteiger partial charge in [-0.1, -0.05) is 89.2 Å². The van der Waals surface area contributed by atoms with E-state index in [1.165, 1.54) is 57.4 Å². The van der Waals surface area contributed by atoms with Crippen LogP contribution in [0, 0.1) is 10.1 Å². The van der Waals surface area contributed by atoms with Gasteiger partial charge in [-0.3, -0.25) is 10.1 Å². The van der Waals surface area contributed by atoms with E-state index in [-0.39, 0.29) is 28.7 Å². The van der Waals surface area contributed by atoms with Crippen molar-refractivity contribution in [3.63, 3.8) is 0 Å². The van der Waals surface area contributed by atoms with Crippen molar-refractivity contribution in [2.45, 2.75) is 90.1 Å². The maximum Gasteiger partial charge on any atom is 0.416 e. The average molecular weight is 558 g/mol. The third-order valence-electron chi connectivity index (χ3n) is 6.10. The number of unbranched alkanes of at least 4 members (excludes halogenated alkanes) is 11. The Bertz CT molecular complexity index is 1050. The first kappa shape index (κ1) is 31.4. The molecular formula is C28H35ClF3NO5. The first-order chi connectivity index (χ1) is 18.1. The van der Waals surface area contributed by atoms with E-state index in [0.29, 0.717) is 12.5 Å². The monoisotopic (exact) mass is 557 g/mol. The van der Waals surface area contributed by atoms with E-state index in [4.69, 9.17) is 21.1 Å². The minimum Gasteiger partial charge on any atom is -0.462 e. The summed E-state index contributed by atoms with van der Waals surface area (Å²) in [7, 11) is 0. The lowest BCUT2D eigenvalue weighted by atomic mass is 10.1. The standard InChI is InChI=1S/C28H35ClF3NO5/c1-2-3-4-5-6-7-8-9-10-11-12-13-18-37-27(34)23-20-22(15-16-25(23)33(35)36)38-26-17-14-21(19-24(26)29)28(30,31)32/h14-17,19-20H,2-13,18H2,1H3. The van der Waals surface area contributed by atoms with Crippen molar-refractivity contribution in [2.75, 3.05) is 6.61 Å². The predicted octanol–water partition coefficient (Wildman–Crippen LogP) is 9.92. The number of hydrogen-bond donors (Lipinski definition) is 0. The average Bonchev–Trinajstić information content (AvgIpc) is 2.87. The molecule has 0 atom stereocenters. The summed E-state index contributed by atoms with van der Waals surface area (Å²) < 4.78 is 49.3. The first-order valence-corrected chi connectivity index (χ1v) is 13.5. The number of alkyl halides is 3. The molecule has 0 aliphatic heterocycles. The fourth-order valence-electron chi connectivity index (χ4n) is 3.97. The Labute approximate surface area is 226 Å². The molecule has 0 fully saturated rings. The third kappa shape index (κ3) is 10.9. The summed E-state index contributed by atoms with van der Waals surface area (Å²) in [4.78, 5) is 23.3. The number of carbonyl (C=O) groups excluding carboxylic acids is 1. The van der Waals surface area contributed by atoms with Gasteiger partial charge in [0.1, 0.15) is 17.1 Å². The van der Waals surface area contributed by atoms with E-state index >= 15 is 0 Å². The maximum atomic E-state index is 12.9. The van der Waals surface area contributed by atoms with Crippen LogP contribution in [0.2, 0.25) is 5.02 Å². The van der Waals surface area contributed by atoms with E-state index in [0.717, 1.165) is 43.5 Å². The molecule has 2 aromatic rings. The summed E-state index contributed by atoms with van der Waals surface area (Å²) in [5, 5.41) is 11.1. The third-order valence-corrected chi connectivity index (χ3v) is 6.40. The lowest BCUT2D eigenvalue weighted by molar-refractivity contribution is -0.385. The molecule has 210 valence electrons. The highest BCUT2D eigenvalue weighted by atomic mass is 35.5. The van der Waals surface area contributed by atoms with E-state index < -0.39 is 28.3 Å². The summed E-state index contributed by atoms with van der Waals surface area (Å²) in [6, 6.07) is 5.99. The van der Waals surface area contributed by atoms with Crippen molar-refractivity contribution < 1.29 is 32.4 Å². The Hall–Kier alpha value is -2.81. The van der Waals surface area contributed by atoms with Crippen molar-refractivity contribution in [3.05, 3.63) is 62.7 Å². The second-order valence-electron chi connectivity index (χ2n) is 9.21. The van der Waals surface area contributed by atoms with Crippen molar-refractivity contribution >= 4 is 23.3 Å². The van der Waals surface area contributed by atoms with Crippen molar-refractivity contribution in [3.8, 4) is 11.5 Å². The molecule has 0 N–H and O–H groups in total. The smallest absolute Gasteiger partial charge is 0.416 e. The molecule has 0 aliphatic rings. The predicted molar refractivity (Wildman–Crippen MR) is 141 cm³/mol. The van der Waals surface area contributed by atoms with Gasteiger partial charge in [-0.05, 0) is 30.7 Å². The lowest BCUT2D eigenvalue weighted by Crippen LogP contribution is -2.09. The second kappa shape index (κ2) is 16.2. The van der Waals surface area contributed by atoms with E-state index in [1.54, 1.807) is 0 Å². The number of rotatable bonds is 17. The summed E-state index contributed by atoms with van der Waals surface area (Å²) in [6.07, 6.45) is 9.33. The number of nitro benzene ring substituents is 1. The Balaban J connectivity index is 1.82. The molecule has 2 rings (SSSR count). The maximum absolute atomic E-state index is 12.9. The van der Waals surface area contributed by atoms with Gasteiger partial charge in [0.2, 0.25) is 0 Å². The molecule has 10 heteroatoms. The normalized spacial score (nSPS) is 11.4. The molecule has 38 heavy (non-hydrogen) atoms. The van der Waals surface area contributed by atoms with Crippen LogP contribution in [0.5, 0.6) is 11.5 Å². The van der Waals surface area contributed by atoms with Crippen LogP contribution < -0.4 is 4.74 Å². The highest BCUT2D eigenvalue weighted by Gasteiger charge is 2.31. The van der Waals surface area contributed by atoms with Crippen LogP contribution in [0.4, 0.5) is 18.9 Å². The summed E-state index contributed by atoms with van der Waals surface area (Å²) >= 11 is 5.91. The highest BCUT2D eigenvalue weighted by Crippen LogP contribution is 2.37.